The lowest BCUT2D eigenvalue weighted by Crippen LogP contribution is -2.45. The summed E-state index contributed by atoms with van der Waals surface area (Å²) in [4.78, 5) is 20.7. The van der Waals surface area contributed by atoms with E-state index in [0.717, 1.165) is 42.5 Å². The van der Waals surface area contributed by atoms with Crippen LogP contribution in [0.25, 0.3) is 0 Å². The number of nitrogens with one attached hydrogen (secondary N) is 1. The third kappa shape index (κ3) is 7.39. The van der Waals surface area contributed by atoms with Crippen LogP contribution in [0.1, 0.15) is 31.9 Å². The van der Waals surface area contributed by atoms with E-state index < -0.39 is 0 Å². The zero-order valence-electron chi connectivity index (χ0n) is 16.8. The van der Waals surface area contributed by atoms with E-state index in [1.165, 1.54) is 0 Å². The Labute approximate surface area is 175 Å². The van der Waals surface area contributed by atoms with E-state index in [2.05, 4.69) is 16.4 Å². The number of amides is 1. The maximum absolute atomic E-state index is 12.3. The molecule has 0 heterocycles. The molecule has 0 aliphatic rings. The van der Waals surface area contributed by atoms with Crippen LogP contribution in [0, 0.1) is 6.92 Å². The molecule has 1 rings (SSSR count). The molecule has 1 aromatic rings. The molecule has 7 heteroatoms. The lowest BCUT2D eigenvalue weighted by atomic mass is 10.1. The summed E-state index contributed by atoms with van der Waals surface area (Å²) in [5, 5.41) is 3.25. The lowest BCUT2D eigenvalue weighted by molar-refractivity contribution is -0.131. The first-order valence-corrected chi connectivity index (χ1v) is 8.87. The molecule has 0 spiro atoms. The zero-order valence-corrected chi connectivity index (χ0v) is 19.2. The highest BCUT2D eigenvalue weighted by Crippen LogP contribution is 2.18. The molecule has 0 unspecified atom stereocenters. The number of aliphatic imine (C=N–C) groups is 1. The minimum atomic E-state index is 0. The van der Waals surface area contributed by atoms with Crippen molar-refractivity contribution in [2.45, 2.75) is 34.2 Å². The molecule has 0 saturated carbocycles. The van der Waals surface area contributed by atoms with E-state index in [0.29, 0.717) is 13.1 Å². The predicted molar refractivity (Wildman–Crippen MR) is 119 cm³/mol. The van der Waals surface area contributed by atoms with Crippen LogP contribution < -0.4 is 10.1 Å². The van der Waals surface area contributed by atoms with Crippen molar-refractivity contribution in [2.75, 3.05) is 40.3 Å². The van der Waals surface area contributed by atoms with E-state index in [4.69, 9.17) is 4.74 Å². The highest BCUT2D eigenvalue weighted by molar-refractivity contribution is 14.0. The van der Waals surface area contributed by atoms with Crippen molar-refractivity contribution >= 4 is 35.8 Å². The molecule has 0 saturated heterocycles. The zero-order chi connectivity index (χ0) is 18.8. The Kier molecular flexibility index (Phi) is 12.0. The van der Waals surface area contributed by atoms with Gasteiger partial charge in [0.2, 0.25) is 5.91 Å². The Hall–Kier alpha value is -1.51. The Morgan fingerprint density at radius 3 is 2.38 bits per heavy atom. The number of hydrogen-bond donors (Lipinski definition) is 1. The summed E-state index contributed by atoms with van der Waals surface area (Å²) in [6.07, 6.45) is 0. The van der Waals surface area contributed by atoms with Crippen LogP contribution in [0.5, 0.6) is 5.75 Å². The van der Waals surface area contributed by atoms with Crippen molar-refractivity contribution in [2.24, 2.45) is 4.99 Å². The third-order valence-corrected chi connectivity index (χ3v) is 4.06. The molecule has 1 N–H and O–H groups in total. The van der Waals surface area contributed by atoms with Crippen molar-refractivity contribution in [3.05, 3.63) is 29.3 Å². The van der Waals surface area contributed by atoms with Gasteiger partial charge in [0.1, 0.15) is 5.75 Å². The number of nitrogens with zero attached hydrogens (tertiary/aromatic N) is 3. The van der Waals surface area contributed by atoms with Gasteiger partial charge in [-0.3, -0.25) is 4.79 Å². The number of benzene rings is 1. The number of guanidine groups is 1. The van der Waals surface area contributed by atoms with Gasteiger partial charge in [-0.25, -0.2) is 4.99 Å². The largest absolute Gasteiger partial charge is 0.496 e. The lowest BCUT2D eigenvalue weighted by Gasteiger charge is -2.25. The third-order valence-electron chi connectivity index (χ3n) is 4.06. The number of rotatable bonds is 8. The van der Waals surface area contributed by atoms with Gasteiger partial charge in [-0.2, -0.15) is 0 Å². The van der Waals surface area contributed by atoms with Crippen molar-refractivity contribution < 1.29 is 9.53 Å². The number of likely N-dealkylation sites (N-methyl/N-ethyl adjacent to an activating group) is 2. The van der Waals surface area contributed by atoms with Gasteiger partial charge in [0, 0.05) is 26.7 Å². The minimum Gasteiger partial charge on any atom is -0.496 e. The Morgan fingerprint density at radius 2 is 1.88 bits per heavy atom. The topological polar surface area (TPSA) is 57.2 Å². The van der Waals surface area contributed by atoms with Gasteiger partial charge in [-0.1, -0.05) is 12.1 Å². The van der Waals surface area contributed by atoms with Gasteiger partial charge in [-0.15, -0.1) is 24.0 Å². The predicted octanol–water partition coefficient (Wildman–Crippen LogP) is 2.89. The van der Waals surface area contributed by atoms with Gasteiger partial charge in [-0.05, 0) is 44.9 Å². The minimum absolute atomic E-state index is 0. The average Bonchev–Trinajstić information content (AvgIpc) is 2.59. The van der Waals surface area contributed by atoms with Crippen LogP contribution in [0.2, 0.25) is 0 Å². The van der Waals surface area contributed by atoms with Gasteiger partial charge in [0.15, 0.2) is 5.96 Å². The molecule has 0 aliphatic carbocycles. The fourth-order valence-electron chi connectivity index (χ4n) is 2.63. The van der Waals surface area contributed by atoms with Gasteiger partial charge in [0.25, 0.3) is 0 Å². The fraction of sp³-hybridized carbons (Fsp3) is 0.579. The van der Waals surface area contributed by atoms with Crippen LogP contribution in [0.15, 0.2) is 23.2 Å². The van der Waals surface area contributed by atoms with Crippen molar-refractivity contribution in [1.82, 2.24) is 15.1 Å². The van der Waals surface area contributed by atoms with Gasteiger partial charge >= 0.3 is 0 Å². The quantitative estimate of drug-likeness (QED) is 0.356. The number of methoxy groups -OCH3 is 1. The van der Waals surface area contributed by atoms with E-state index in [1.54, 1.807) is 7.11 Å². The maximum atomic E-state index is 12.3. The van der Waals surface area contributed by atoms with E-state index >= 15 is 0 Å². The molecule has 26 heavy (non-hydrogen) atoms. The Morgan fingerprint density at radius 1 is 1.23 bits per heavy atom. The summed E-state index contributed by atoms with van der Waals surface area (Å²) in [6.45, 7) is 11.1. The highest BCUT2D eigenvalue weighted by atomic mass is 127. The smallest absolute Gasteiger partial charge is 0.242 e. The van der Waals surface area contributed by atoms with Gasteiger partial charge < -0.3 is 19.9 Å². The fourth-order valence-corrected chi connectivity index (χ4v) is 2.63. The monoisotopic (exact) mass is 476 g/mol. The SMILES string of the molecule is CCNC(=NCc1ccc(OC)c(C)c1)N(C)CC(=O)N(CC)CC.I. The second kappa shape index (κ2) is 12.8. The molecule has 0 aromatic heterocycles. The summed E-state index contributed by atoms with van der Waals surface area (Å²) in [7, 11) is 3.56. The maximum Gasteiger partial charge on any atom is 0.242 e. The first kappa shape index (κ1) is 24.5. The molecule has 0 bridgehead atoms. The average molecular weight is 476 g/mol. The Bertz CT molecular complexity index is 589. The number of aryl methyl sites for hydroxylation is 1. The molecule has 6 nitrogen and oxygen atoms in total. The summed E-state index contributed by atoms with van der Waals surface area (Å²) in [6, 6.07) is 6.05. The summed E-state index contributed by atoms with van der Waals surface area (Å²) in [5.74, 6) is 1.72. The summed E-state index contributed by atoms with van der Waals surface area (Å²) in [5.41, 5.74) is 2.20. The first-order valence-electron chi connectivity index (χ1n) is 8.87. The molecule has 1 aromatic carbocycles. The van der Waals surface area contributed by atoms with Crippen LogP contribution in [-0.4, -0.2) is 62.0 Å². The van der Waals surface area contributed by atoms with Crippen molar-refractivity contribution in [3.8, 4) is 5.75 Å². The number of ether oxygens (including phenoxy) is 1. The highest BCUT2D eigenvalue weighted by Gasteiger charge is 2.15. The van der Waals surface area contributed by atoms with Crippen molar-refractivity contribution in [1.29, 1.82) is 0 Å². The number of halogens is 1. The molecular formula is C19H33IN4O2. The number of carbonyl (C=O) groups is 1. The van der Waals surface area contributed by atoms with E-state index in [-0.39, 0.29) is 29.9 Å². The molecule has 148 valence electrons. The Balaban J connectivity index is 0.00000625. The molecule has 0 radical (unpaired) electrons. The van der Waals surface area contributed by atoms with Gasteiger partial charge in [0.05, 0.1) is 20.2 Å². The number of carbonyl (C=O) groups excluding carboxylic acids is 1. The normalized spacial score (nSPS) is 10.8. The molecule has 0 aliphatic heterocycles. The van der Waals surface area contributed by atoms with Crippen LogP contribution in [0.4, 0.5) is 0 Å². The molecule has 0 atom stereocenters. The van der Waals surface area contributed by atoms with Crippen LogP contribution in [-0.2, 0) is 11.3 Å². The van der Waals surface area contributed by atoms with Crippen molar-refractivity contribution in [3.63, 3.8) is 0 Å². The molecular weight excluding hydrogens is 443 g/mol. The first-order chi connectivity index (χ1) is 12.0. The molecule has 1 amide bonds. The van der Waals surface area contributed by atoms with Crippen LogP contribution in [0.3, 0.4) is 0 Å². The standard InChI is InChI=1S/C19H32N4O2.HI/c1-7-20-19(22(5)14-18(24)23(8-2)9-3)21-13-16-10-11-17(25-6)15(4)12-16;/h10-12H,7-9,13-14H2,1-6H3,(H,20,21);1H. The van der Waals surface area contributed by atoms with Crippen LogP contribution >= 0.6 is 24.0 Å². The number of hydrogen-bond acceptors (Lipinski definition) is 3. The second-order valence-corrected chi connectivity index (χ2v) is 5.90. The second-order valence-electron chi connectivity index (χ2n) is 5.90. The van der Waals surface area contributed by atoms with E-state index in [9.17, 15) is 4.79 Å². The van der Waals surface area contributed by atoms with E-state index in [1.807, 2.05) is 56.7 Å². The summed E-state index contributed by atoms with van der Waals surface area (Å²) >= 11 is 0. The molecule has 0 fully saturated rings. The summed E-state index contributed by atoms with van der Waals surface area (Å²) < 4.78 is 5.29.